The van der Waals surface area contributed by atoms with Crippen LogP contribution in [0, 0.1) is 24.0 Å². The Morgan fingerprint density at radius 1 is 1.00 bits per heavy atom. The third-order valence-corrected chi connectivity index (χ3v) is 6.39. The number of carbonyl (C=O) groups is 1. The quantitative estimate of drug-likeness (QED) is 0.227. The van der Waals surface area contributed by atoms with Crippen LogP contribution in [-0.2, 0) is 11.4 Å². The molecule has 0 unspecified atom stereocenters. The number of nitrogens with one attached hydrogen (secondary N) is 1. The number of hydrogen-bond donors (Lipinski definition) is 1. The third kappa shape index (κ3) is 6.11. The summed E-state index contributed by atoms with van der Waals surface area (Å²) >= 11 is 1.28. The first-order chi connectivity index (χ1) is 17.3. The van der Waals surface area contributed by atoms with Crippen molar-refractivity contribution in [3.05, 3.63) is 97.9 Å². The van der Waals surface area contributed by atoms with Gasteiger partial charge in [0.25, 0.3) is 11.6 Å². The number of carbonyl (C=O) groups excluding carboxylic acids is 1. The Bertz CT molecular complexity index is 1370. The number of aryl methyl sites for hydroxylation is 2. The van der Waals surface area contributed by atoms with Gasteiger partial charge in [0.2, 0.25) is 0 Å². The lowest BCUT2D eigenvalue weighted by Crippen LogP contribution is -2.19. The van der Waals surface area contributed by atoms with Crippen LogP contribution >= 0.6 is 11.8 Å². The first kappa shape index (κ1) is 25.0. The minimum absolute atomic E-state index is 0.0298. The first-order valence-corrected chi connectivity index (χ1v) is 12.1. The van der Waals surface area contributed by atoms with Gasteiger partial charge in [-0.15, -0.1) is 0 Å². The molecule has 0 radical (unpaired) electrons. The van der Waals surface area contributed by atoms with E-state index < -0.39 is 4.92 Å². The van der Waals surface area contributed by atoms with E-state index in [1.54, 1.807) is 24.3 Å². The zero-order valence-corrected chi connectivity index (χ0v) is 20.9. The van der Waals surface area contributed by atoms with Crippen molar-refractivity contribution in [2.45, 2.75) is 27.4 Å². The van der Waals surface area contributed by atoms with Gasteiger partial charge in [-0.25, -0.2) is 4.99 Å². The highest BCUT2D eigenvalue weighted by Crippen LogP contribution is 2.33. The predicted octanol–water partition coefficient (Wildman–Crippen LogP) is 6.08. The van der Waals surface area contributed by atoms with Crippen LogP contribution in [0.15, 0.2) is 70.6 Å². The molecule has 3 aromatic rings. The molecule has 8 nitrogen and oxygen atoms in total. The van der Waals surface area contributed by atoms with Crippen LogP contribution in [-0.4, -0.2) is 22.6 Å². The van der Waals surface area contributed by atoms with Gasteiger partial charge in [-0.05, 0) is 97.3 Å². The number of ether oxygens (including phenoxy) is 2. The molecule has 1 fully saturated rings. The second-order valence-electron chi connectivity index (χ2n) is 8.10. The summed E-state index contributed by atoms with van der Waals surface area (Å²) in [5, 5.41) is 14.2. The molecule has 0 bridgehead atoms. The summed E-state index contributed by atoms with van der Waals surface area (Å²) in [7, 11) is 0. The fraction of sp³-hybridized carbons (Fsp3) is 0.185. The number of aliphatic imine (C=N–C) groups is 1. The molecule has 0 saturated carbocycles. The summed E-state index contributed by atoms with van der Waals surface area (Å²) in [6, 6.07) is 17.6. The number of benzene rings is 3. The van der Waals surface area contributed by atoms with E-state index in [4.69, 9.17) is 9.47 Å². The van der Waals surface area contributed by atoms with Crippen LogP contribution in [0.1, 0.15) is 29.2 Å². The molecule has 3 aromatic carbocycles. The van der Waals surface area contributed by atoms with E-state index in [-0.39, 0.29) is 18.2 Å². The van der Waals surface area contributed by atoms with Gasteiger partial charge in [-0.3, -0.25) is 14.9 Å². The van der Waals surface area contributed by atoms with Gasteiger partial charge >= 0.3 is 0 Å². The van der Waals surface area contributed by atoms with Gasteiger partial charge in [0, 0.05) is 12.1 Å². The molecule has 184 valence electrons. The highest BCUT2D eigenvalue weighted by molar-refractivity contribution is 8.18. The number of rotatable bonds is 8. The normalized spacial score (nSPS) is 15.2. The van der Waals surface area contributed by atoms with E-state index in [1.807, 2.05) is 51.1 Å². The van der Waals surface area contributed by atoms with Crippen LogP contribution in [0.2, 0.25) is 0 Å². The molecule has 4 rings (SSSR count). The molecule has 36 heavy (non-hydrogen) atoms. The third-order valence-electron chi connectivity index (χ3n) is 5.48. The standard InChI is InChI=1S/C27H25N3O5S/c1-4-34-24-14-20(8-12-23(24)35-16-19-6-10-22(11-7-19)30(32)33)15-25-26(31)29-27(36-25)28-21-9-5-17(2)18(3)13-21/h5-15H,4,16H2,1-3H3,(H,28,29,31)/b25-15-. The molecular formula is C27H25N3O5S. The predicted molar refractivity (Wildman–Crippen MR) is 142 cm³/mol. The van der Waals surface area contributed by atoms with Crippen molar-refractivity contribution >= 4 is 40.3 Å². The zero-order chi connectivity index (χ0) is 25.7. The van der Waals surface area contributed by atoms with Gasteiger partial charge in [-0.1, -0.05) is 12.1 Å². The summed E-state index contributed by atoms with van der Waals surface area (Å²) in [6.07, 6.45) is 1.78. The van der Waals surface area contributed by atoms with Crippen LogP contribution in [0.25, 0.3) is 6.08 Å². The topological polar surface area (TPSA) is 103 Å². The largest absolute Gasteiger partial charge is 0.490 e. The van der Waals surface area contributed by atoms with Gasteiger partial charge in [-0.2, -0.15) is 0 Å². The monoisotopic (exact) mass is 503 g/mol. The second-order valence-corrected chi connectivity index (χ2v) is 9.13. The van der Waals surface area contributed by atoms with Gasteiger partial charge in [0.05, 0.1) is 22.1 Å². The Morgan fingerprint density at radius 2 is 1.78 bits per heavy atom. The SMILES string of the molecule is CCOc1cc(/C=C2\SC(=Nc3ccc(C)c(C)c3)NC2=O)ccc1OCc1ccc([N+](=O)[O-])cc1. The first-order valence-electron chi connectivity index (χ1n) is 11.3. The Hall–Kier alpha value is -4.11. The van der Waals surface area contributed by atoms with Crippen molar-refractivity contribution in [1.29, 1.82) is 0 Å². The maximum absolute atomic E-state index is 12.5. The molecule has 1 aliphatic rings. The van der Waals surface area contributed by atoms with Crippen LogP contribution in [0.5, 0.6) is 11.5 Å². The molecule has 1 saturated heterocycles. The molecule has 0 atom stereocenters. The summed E-state index contributed by atoms with van der Waals surface area (Å²) in [4.78, 5) is 28.0. The molecule has 9 heteroatoms. The van der Waals surface area contributed by atoms with Crippen LogP contribution < -0.4 is 14.8 Å². The smallest absolute Gasteiger partial charge is 0.269 e. The lowest BCUT2D eigenvalue weighted by molar-refractivity contribution is -0.384. The van der Waals surface area contributed by atoms with E-state index in [2.05, 4.69) is 10.3 Å². The Balaban J connectivity index is 1.49. The van der Waals surface area contributed by atoms with Gasteiger partial charge in [0.15, 0.2) is 16.7 Å². The number of non-ortho nitro benzene ring substituents is 1. The lowest BCUT2D eigenvalue weighted by atomic mass is 10.1. The minimum Gasteiger partial charge on any atom is -0.490 e. The molecule has 1 heterocycles. The number of hydrogen-bond acceptors (Lipinski definition) is 7. The van der Waals surface area contributed by atoms with E-state index in [0.717, 1.165) is 22.4 Å². The minimum atomic E-state index is -0.438. The van der Waals surface area contributed by atoms with Crippen molar-refractivity contribution < 1.29 is 19.2 Å². The molecular weight excluding hydrogens is 478 g/mol. The second kappa shape index (κ2) is 11.1. The molecule has 0 aliphatic carbocycles. The fourth-order valence-corrected chi connectivity index (χ4v) is 4.26. The molecule has 1 aliphatic heterocycles. The molecule has 0 spiro atoms. The molecule has 1 N–H and O–H groups in total. The van der Waals surface area contributed by atoms with E-state index >= 15 is 0 Å². The summed E-state index contributed by atoms with van der Waals surface area (Å²) in [5.41, 5.74) is 4.72. The molecule has 0 aromatic heterocycles. The number of thioether (sulfide) groups is 1. The van der Waals surface area contributed by atoms with E-state index in [9.17, 15) is 14.9 Å². The summed E-state index contributed by atoms with van der Waals surface area (Å²) < 4.78 is 11.7. The lowest BCUT2D eigenvalue weighted by Gasteiger charge is -2.13. The number of amidine groups is 1. The highest BCUT2D eigenvalue weighted by atomic mass is 32.2. The number of nitrogens with zero attached hydrogens (tertiary/aromatic N) is 2. The van der Waals surface area contributed by atoms with Crippen molar-refractivity contribution in [1.82, 2.24) is 5.32 Å². The fourth-order valence-electron chi connectivity index (χ4n) is 3.42. The number of nitro groups is 1. The van der Waals surface area contributed by atoms with E-state index in [0.29, 0.717) is 28.2 Å². The average molecular weight is 504 g/mol. The number of nitro benzene ring substituents is 1. The Morgan fingerprint density at radius 3 is 2.47 bits per heavy atom. The highest BCUT2D eigenvalue weighted by Gasteiger charge is 2.24. The van der Waals surface area contributed by atoms with Crippen molar-refractivity contribution in [3.8, 4) is 11.5 Å². The van der Waals surface area contributed by atoms with Crippen molar-refractivity contribution in [2.75, 3.05) is 6.61 Å². The summed E-state index contributed by atoms with van der Waals surface area (Å²) in [5.74, 6) is 0.873. The summed E-state index contributed by atoms with van der Waals surface area (Å²) in [6.45, 7) is 6.62. The van der Waals surface area contributed by atoms with Gasteiger partial charge < -0.3 is 14.8 Å². The van der Waals surface area contributed by atoms with Crippen molar-refractivity contribution in [3.63, 3.8) is 0 Å². The van der Waals surface area contributed by atoms with Gasteiger partial charge in [0.1, 0.15) is 6.61 Å². The number of amides is 1. The zero-order valence-electron chi connectivity index (χ0n) is 20.1. The van der Waals surface area contributed by atoms with Crippen LogP contribution in [0.3, 0.4) is 0 Å². The maximum atomic E-state index is 12.5. The van der Waals surface area contributed by atoms with E-state index in [1.165, 1.54) is 29.5 Å². The Labute approximate surface area is 213 Å². The van der Waals surface area contributed by atoms with Crippen LogP contribution in [0.4, 0.5) is 11.4 Å². The average Bonchev–Trinajstić information content (AvgIpc) is 3.19. The van der Waals surface area contributed by atoms with Crippen molar-refractivity contribution in [2.24, 2.45) is 4.99 Å². The Kier molecular flexibility index (Phi) is 7.70. The molecule has 1 amide bonds. The maximum Gasteiger partial charge on any atom is 0.269 e.